The summed E-state index contributed by atoms with van der Waals surface area (Å²) in [4.78, 5) is 36.3. The average Bonchev–Trinajstić information content (AvgIpc) is 3.33. The number of amides is 2. The molecule has 1 aromatic carbocycles. The number of hydrogen-bond acceptors (Lipinski definition) is 5. The highest BCUT2D eigenvalue weighted by Crippen LogP contribution is 2.47. The molecule has 0 fully saturated rings. The van der Waals surface area contributed by atoms with E-state index < -0.39 is 23.3 Å². The molecule has 0 bridgehead atoms. The van der Waals surface area contributed by atoms with Gasteiger partial charge in [-0.3, -0.25) is 9.59 Å². The van der Waals surface area contributed by atoms with Crippen LogP contribution in [0.2, 0.25) is 0 Å². The van der Waals surface area contributed by atoms with Crippen LogP contribution in [0.1, 0.15) is 17.7 Å². The Kier molecular flexibility index (Phi) is 3.47. The van der Waals surface area contributed by atoms with Gasteiger partial charge in [-0.1, -0.05) is 18.2 Å². The fourth-order valence-corrected chi connectivity index (χ4v) is 3.27. The molecule has 2 aliphatic heterocycles. The number of anilines is 1. The van der Waals surface area contributed by atoms with Crippen LogP contribution in [-0.2, 0) is 19.9 Å². The Morgan fingerprint density at radius 2 is 2.04 bits per heavy atom. The zero-order valence-electron chi connectivity index (χ0n) is 13.4. The summed E-state index contributed by atoms with van der Waals surface area (Å²) in [6, 6.07) is 10.4. The van der Waals surface area contributed by atoms with Crippen LogP contribution in [0, 0.1) is 0 Å². The van der Waals surface area contributed by atoms with Crippen molar-refractivity contribution in [2.45, 2.75) is 12.0 Å². The normalized spacial score (nSPS) is 21.2. The second-order valence-corrected chi connectivity index (χ2v) is 5.88. The quantitative estimate of drug-likeness (QED) is 0.818. The van der Waals surface area contributed by atoms with Crippen LogP contribution in [0.4, 0.5) is 5.69 Å². The predicted octanol–water partition coefficient (Wildman–Crippen LogP) is 1.70. The second-order valence-electron chi connectivity index (χ2n) is 5.88. The lowest BCUT2D eigenvalue weighted by Crippen LogP contribution is -2.48. The molecule has 0 saturated carbocycles. The third-order valence-corrected chi connectivity index (χ3v) is 4.38. The van der Waals surface area contributed by atoms with Gasteiger partial charge in [-0.25, -0.2) is 9.80 Å². The van der Waals surface area contributed by atoms with Crippen molar-refractivity contribution >= 4 is 29.2 Å². The lowest BCUT2D eigenvalue weighted by molar-refractivity contribution is -0.140. The van der Waals surface area contributed by atoms with Gasteiger partial charge in [0.25, 0.3) is 11.8 Å². The van der Waals surface area contributed by atoms with Crippen molar-refractivity contribution in [3.63, 3.8) is 0 Å². The van der Waals surface area contributed by atoms with Gasteiger partial charge in [-0.15, -0.1) is 0 Å². The first-order chi connectivity index (χ1) is 12.5. The predicted molar refractivity (Wildman–Crippen MR) is 90.2 cm³/mol. The molecule has 130 valence electrons. The summed E-state index contributed by atoms with van der Waals surface area (Å²) in [5.74, 6) is -1.93. The number of nitrogens with zero attached hydrogens (tertiary/aromatic N) is 2. The van der Waals surface area contributed by atoms with E-state index in [2.05, 4.69) is 10.4 Å². The smallest absolute Gasteiger partial charge is 0.328 e. The number of carbonyl (C=O) groups excluding carboxylic acids is 2. The lowest BCUT2D eigenvalue weighted by Gasteiger charge is -2.29. The molecule has 1 unspecified atom stereocenters. The van der Waals surface area contributed by atoms with E-state index in [4.69, 9.17) is 9.52 Å². The SMILES string of the molecule is O=C(O)C=CC(=O)N1N=C(c2ccco2)CC12C(=O)Nc1ccccc12. The van der Waals surface area contributed by atoms with Gasteiger partial charge in [-0.2, -0.15) is 5.10 Å². The average molecular weight is 351 g/mol. The van der Waals surface area contributed by atoms with Gasteiger partial charge in [0.1, 0.15) is 11.5 Å². The maximum Gasteiger partial charge on any atom is 0.328 e. The van der Waals surface area contributed by atoms with Gasteiger partial charge in [0.05, 0.1) is 6.26 Å². The van der Waals surface area contributed by atoms with Gasteiger partial charge >= 0.3 is 5.97 Å². The Morgan fingerprint density at radius 3 is 2.77 bits per heavy atom. The Bertz CT molecular complexity index is 976. The summed E-state index contributed by atoms with van der Waals surface area (Å²) in [6.07, 6.45) is 3.19. The van der Waals surface area contributed by atoms with Crippen LogP contribution >= 0.6 is 0 Å². The Hall–Kier alpha value is -3.68. The molecule has 0 saturated heterocycles. The van der Waals surface area contributed by atoms with Gasteiger partial charge in [0.15, 0.2) is 5.54 Å². The Morgan fingerprint density at radius 1 is 1.23 bits per heavy atom. The van der Waals surface area contributed by atoms with Gasteiger partial charge in [0, 0.05) is 29.8 Å². The van der Waals surface area contributed by atoms with E-state index in [1.165, 1.54) is 6.26 Å². The monoisotopic (exact) mass is 351 g/mol. The van der Waals surface area contributed by atoms with Gasteiger partial charge in [0.2, 0.25) is 0 Å². The van der Waals surface area contributed by atoms with E-state index in [1.54, 1.807) is 36.4 Å². The van der Waals surface area contributed by atoms with Crippen LogP contribution < -0.4 is 5.32 Å². The highest BCUT2D eigenvalue weighted by atomic mass is 16.4. The first kappa shape index (κ1) is 15.8. The van der Waals surface area contributed by atoms with Crippen molar-refractivity contribution in [2.24, 2.45) is 5.10 Å². The van der Waals surface area contributed by atoms with Crippen molar-refractivity contribution in [1.29, 1.82) is 0 Å². The number of rotatable bonds is 3. The van der Waals surface area contributed by atoms with E-state index in [1.807, 2.05) is 0 Å². The van der Waals surface area contributed by atoms with Gasteiger partial charge < -0.3 is 14.8 Å². The van der Waals surface area contributed by atoms with Gasteiger partial charge in [-0.05, 0) is 18.2 Å². The summed E-state index contributed by atoms with van der Waals surface area (Å²) in [5, 5.41) is 16.9. The highest BCUT2D eigenvalue weighted by molar-refractivity contribution is 6.15. The van der Waals surface area contributed by atoms with Crippen LogP contribution in [0.25, 0.3) is 0 Å². The zero-order valence-corrected chi connectivity index (χ0v) is 13.4. The number of para-hydroxylation sites is 1. The molecule has 2 aromatic rings. The molecule has 26 heavy (non-hydrogen) atoms. The van der Waals surface area contributed by atoms with E-state index in [0.29, 0.717) is 22.7 Å². The highest BCUT2D eigenvalue weighted by Gasteiger charge is 2.57. The molecule has 8 heteroatoms. The Balaban J connectivity index is 1.84. The maximum absolute atomic E-state index is 12.9. The number of carbonyl (C=O) groups is 3. The number of carboxylic acid groups (broad SMARTS) is 1. The Labute approximate surface area is 147 Å². The minimum Gasteiger partial charge on any atom is -0.478 e. The second kappa shape index (κ2) is 5.69. The third-order valence-electron chi connectivity index (χ3n) is 4.38. The van der Waals surface area contributed by atoms with Crippen LogP contribution in [0.5, 0.6) is 0 Å². The number of carboxylic acids is 1. The third kappa shape index (κ3) is 2.23. The molecule has 2 N–H and O–H groups in total. The molecule has 1 spiro atoms. The van der Waals surface area contributed by atoms with E-state index >= 15 is 0 Å². The number of hydrogen-bond donors (Lipinski definition) is 2. The van der Waals surface area contributed by atoms with Crippen LogP contribution in [0.15, 0.2) is 64.3 Å². The summed E-state index contributed by atoms with van der Waals surface area (Å²) in [5.41, 5.74) is 0.248. The van der Waals surface area contributed by atoms with Crippen molar-refractivity contribution in [3.05, 3.63) is 66.1 Å². The number of nitrogens with one attached hydrogen (secondary N) is 1. The molecule has 2 aliphatic rings. The first-order valence-corrected chi connectivity index (χ1v) is 7.80. The topological polar surface area (TPSA) is 112 Å². The number of aliphatic carboxylic acids is 1. The summed E-state index contributed by atoms with van der Waals surface area (Å²) in [6.45, 7) is 0. The molecular formula is C18H13N3O5. The molecule has 1 atom stereocenters. The molecule has 1 aromatic heterocycles. The van der Waals surface area contributed by atoms with Crippen LogP contribution in [-0.4, -0.2) is 33.6 Å². The van der Waals surface area contributed by atoms with Crippen molar-refractivity contribution in [1.82, 2.24) is 5.01 Å². The van der Waals surface area contributed by atoms with Crippen molar-refractivity contribution < 1.29 is 23.9 Å². The fourth-order valence-electron chi connectivity index (χ4n) is 3.27. The minimum absolute atomic E-state index is 0.121. The molecule has 3 heterocycles. The van der Waals surface area contributed by atoms with E-state index in [0.717, 1.165) is 17.2 Å². The standard InChI is InChI=1S/C18H13N3O5/c22-15(7-8-16(23)24)21-18(10-13(20-21)14-6-3-9-26-14)11-4-1-2-5-12(11)19-17(18)25/h1-9H,10H2,(H,19,25)(H,23,24). The lowest BCUT2D eigenvalue weighted by atomic mass is 9.86. The minimum atomic E-state index is -1.38. The number of benzene rings is 1. The van der Waals surface area contributed by atoms with E-state index in [-0.39, 0.29) is 6.42 Å². The molecular weight excluding hydrogens is 338 g/mol. The summed E-state index contributed by atoms with van der Waals surface area (Å²) in [7, 11) is 0. The molecule has 0 aliphatic carbocycles. The van der Waals surface area contributed by atoms with Crippen molar-refractivity contribution in [2.75, 3.05) is 5.32 Å². The number of hydrazone groups is 1. The largest absolute Gasteiger partial charge is 0.478 e. The summed E-state index contributed by atoms with van der Waals surface area (Å²) >= 11 is 0. The molecule has 2 amide bonds. The van der Waals surface area contributed by atoms with E-state index in [9.17, 15) is 14.4 Å². The molecule has 0 radical (unpaired) electrons. The molecule has 4 rings (SSSR count). The number of fused-ring (bicyclic) bond motifs is 2. The zero-order chi connectivity index (χ0) is 18.3. The first-order valence-electron chi connectivity index (χ1n) is 7.80. The fraction of sp³-hybridized carbons (Fsp3) is 0.111. The van der Waals surface area contributed by atoms with Crippen molar-refractivity contribution in [3.8, 4) is 0 Å². The summed E-state index contributed by atoms with van der Waals surface area (Å²) < 4.78 is 5.36. The molecule has 8 nitrogen and oxygen atoms in total. The van der Waals surface area contributed by atoms with Crippen LogP contribution in [0.3, 0.4) is 0 Å². The maximum atomic E-state index is 12.9. The number of furan rings is 1.